The minimum absolute atomic E-state index is 0.433. The van der Waals surface area contributed by atoms with E-state index < -0.39 is 37.7 Å². The third-order valence-corrected chi connectivity index (χ3v) is 5.58. The summed E-state index contributed by atoms with van der Waals surface area (Å²) >= 11 is 0. The normalized spacial score (nSPS) is 10.5. The second-order valence-corrected chi connectivity index (χ2v) is 8.42. The van der Waals surface area contributed by atoms with Crippen LogP contribution in [-0.2, 0) is 14.4 Å². The van der Waals surface area contributed by atoms with Gasteiger partial charge in [-0.1, -0.05) is 36.4 Å². The zero-order valence-electron chi connectivity index (χ0n) is 20.6. The molecule has 9 nitrogen and oxygen atoms in total. The molecule has 0 amide bonds. The Bertz CT molecular complexity index is 1270. The zero-order valence-corrected chi connectivity index (χ0v) is 20.6. The largest absolute Gasteiger partial charge is 0.482 e. The van der Waals surface area contributed by atoms with E-state index >= 15 is 0 Å². The Balaban J connectivity index is 1.68. The van der Waals surface area contributed by atoms with Crippen molar-refractivity contribution in [3.05, 3.63) is 91.0 Å². The molecule has 39 heavy (non-hydrogen) atoms. The molecule has 0 unspecified atom stereocenters. The monoisotopic (exact) mass is 528 g/mol. The lowest BCUT2D eigenvalue weighted by Gasteiger charge is -2.13. The third kappa shape index (κ3) is 7.59. The Hall–Kier alpha value is -5.31. The van der Waals surface area contributed by atoms with Crippen LogP contribution in [0.4, 0.5) is 0 Å². The van der Waals surface area contributed by atoms with Crippen LogP contribution in [0.3, 0.4) is 0 Å². The number of hydrogen-bond donors (Lipinski definition) is 3. The maximum atomic E-state index is 10.8. The molecule has 4 aromatic carbocycles. The Morgan fingerprint density at radius 2 is 0.641 bits per heavy atom. The average Bonchev–Trinajstić information content (AvgIpc) is 2.94. The Morgan fingerprint density at radius 1 is 0.410 bits per heavy atom. The van der Waals surface area contributed by atoms with Crippen molar-refractivity contribution < 1.29 is 43.9 Å². The molecule has 0 bridgehead atoms. The topological polar surface area (TPSA) is 140 Å². The Labute approximate surface area is 223 Å². The van der Waals surface area contributed by atoms with Crippen LogP contribution >= 0.6 is 0 Å². The van der Waals surface area contributed by atoms with Crippen molar-refractivity contribution in [3.63, 3.8) is 0 Å². The van der Waals surface area contributed by atoms with Gasteiger partial charge < -0.3 is 29.5 Å². The van der Waals surface area contributed by atoms with Gasteiger partial charge in [-0.3, -0.25) is 0 Å². The second kappa shape index (κ2) is 12.3. The molecule has 0 aromatic heterocycles. The van der Waals surface area contributed by atoms with Gasteiger partial charge in [0.1, 0.15) is 17.2 Å². The van der Waals surface area contributed by atoms with Gasteiger partial charge in [0.15, 0.2) is 19.8 Å². The van der Waals surface area contributed by atoms with Gasteiger partial charge in [0.25, 0.3) is 0 Å². The maximum Gasteiger partial charge on any atom is 0.341 e. The predicted octanol–water partition coefficient (Wildman–Crippen LogP) is 5.08. The summed E-state index contributed by atoms with van der Waals surface area (Å²) in [5.41, 5.74) is 5.31. The van der Waals surface area contributed by atoms with E-state index in [0.717, 1.165) is 33.4 Å². The van der Waals surface area contributed by atoms with Crippen molar-refractivity contribution in [2.75, 3.05) is 19.8 Å². The van der Waals surface area contributed by atoms with E-state index in [4.69, 9.17) is 29.5 Å². The molecule has 0 saturated heterocycles. The van der Waals surface area contributed by atoms with Gasteiger partial charge in [-0.2, -0.15) is 0 Å². The zero-order chi connectivity index (χ0) is 27.8. The third-order valence-electron chi connectivity index (χ3n) is 5.58. The molecule has 0 aliphatic heterocycles. The molecule has 4 rings (SSSR count). The van der Waals surface area contributed by atoms with Crippen molar-refractivity contribution in [3.8, 4) is 50.6 Å². The highest BCUT2D eigenvalue weighted by molar-refractivity contribution is 5.81. The lowest BCUT2D eigenvalue weighted by molar-refractivity contribution is -0.140. The van der Waals surface area contributed by atoms with Gasteiger partial charge in [0.05, 0.1) is 0 Å². The van der Waals surface area contributed by atoms with E-state index in [2.05, 4.69) is 0 Å². The fourth-order valence-electron chi connectivity index (χ4n) is 3.79. The van der Waals surface area contributed by atoms with E-state index in [1.54, 1.807) is 36.4 Å². The predicted molar refractivity (Wildman–Crippen MR) is 142 cm³/mol. The maximum absolute atomic E-state index is 10.8. The van der Waals surface area contributed by atoms with E-state index in [0.29, 0.717) is 17.2 Å². The van der Waals surface area contributed by atoms with E-state index in [1.165, 1.54) is 0 Å². The summed E-state index contributed by atoms with van der Waals surface area (Å²) in [4.78, 5) is 32.4. The molecule has 0 aliphatic carbocycles. The van der Waals surface area contributed by atoms with Crippen LogP contribution in [-0.4, -0.2) is 53.0 Å². The Kier molecular flexibility index (Phi) is 8.43. The minimum Gasteiger partial charge on any atom is -0.482 e. The van der Waals surface area contributed by atoms with Crippen molar-refractivity contribution in [1.82, 2.24) is 0 Å². The minimum atomic E-state index is -1.06. The van der Waals surface area contributed by atoms with Crippen LogP contribution in [0.1, 0.15) is 0 Å². The summed E-state index contributed by atoms with van der Waals surface area (Å²) in [5, 5.41) is 26.5. The smallest absolute Gasteiger partial charge is 0.341 e. The number of rotatable bonds is 12. The molecular formula is C30H24O9. The second-order valence-electron chi connectivity index (χ2n) is 8.42. The van der Waals surface area contributed by atoms with Crippen molar-refractivity contribution in [1.29, 1.82) is 0 Å². The first-order valence-electron chi connectivity index (χ1n) is 11.8. The molecule has 0 atom stereocenters. The number of hydrogen-bond acceptors (Lipinski definition) is 6. The molecule has 3 N–H and O–H groups in total. The number of carboxylic acids is 3. The quantitative estimate of drug-likeness (QED) is 0.230. The van der Waals surface area contributed by atoms with Gasteiger partial charge in [0.2, 0.25) is 0 Å². The van der Waals surface area contributed by atoms with E-state index in [1.807, 2.05) is 54.6 Å². The van der Waals surface area contributed by atoms with Crippen LogP contribution < -0.4 is 14.2 Å². The molecule has 0 aliphatic rings. The highest BCUT2D eigenvalue weighted by Gasteiger charge is 2.10. The van der Waals surface area contributed by atoms with Gasteiger partial charge in [0, 0.05) is 0 Å². The highest BCUT2D eigenvalue weighted by Crippen LogP contribution is 2.34. The first kappa shape index (κ1) is 26.7. The van der Waals surface area contributed by atoms with Crippen molar-refractivity contribution >= 4 is 17.9 Å². The van der Waals surface area contributed by atoms with E-state index in [9.17, 15) is 14.4 Å². The van der Waals surface area contributed by atoms with Crippen LogP contribution in [0.5, 0.6) is 17.2 Å². The summed E-state index contributed by atoms with van der Waals surface area (Å²) in [6, 6.07) is 27.3. The van der Waals surface area contributed by atoms with Crippen LogP contribution in [0.25, 0.3) is 33.4 Å². The average molecular weight is 529 g/mol. The van der Waals surface area contributed by atoms with E-state index in [-0.39, 0.29) is 0 Å². The van der Waals surface area contributed by atoms with Crippen LogP contribution in [0.15, 0.2) is 91.0 Å². The first-order chi connectivity index (χ1) is 18.8. The van der Waals surface area contributed by atoms with Gasteiger partial charge in [-0.05, 0) is 88.0 Å². The molecule has 0 saturated carbocycles. The Morgan fingerprint density at radius 3 is 0.846 bits per heavy atom. The van der Waals surface area contributed by atoms with Gasteiger partial charge >= 0.3 is 17.9 Å². The van der Waals surface area contributed by atoms with Crippen LogP contribution in [0, 0.1) is 0 Å². The summed E-state index contributed by atoms with van der Waals surface area (Å²) in [6.45, 7) is -1.30. The molecule has 0 heterocycles. The SMILES string of the molecule is O=C(O)COc1ccc(-c2cc(-c3ccc(OCC(=O)O)cc3)cc(-c3ccc(OCC(=O)O)cc3)c2)cc1. The lowest BCUT2D eigenvalue weighted by Crippen LogP contribution is -2.09. The highest BCUT2D eigenvalue weighted by atomic mass is 16.5. The summed E-state index contributed by atoms with van der Waals surface area (Å²) in [7, 11) is 0. The molecule has 9 heteroatoms. The number of benzene rings is 4. The standard InChI is InChI=1S/C30H24O9/c31-28(32)16-37-25-7-1-19(2-8-25)22-13-23(20-3-9-26(10-4-20)38-17-29(33)34)15-24(14-22)21-5-11-27(12-6-21)39-18-30(35)36/h1-15H,16-18H2,(H,31,32)(H,33,34)(H,35,36). The number of ether oxygens (including phenoxy) is 3. The molecule has 0 radical (unpaired) electrons. The molecule has 0 spiro atoms. The summed E-state index contributed by atoms with van der Waals surface area (Å²) in [5.74, 6) is -1.87. The van der Waals surface area contributed by atoms with Gasteiger partial charge in [-0.25, -0.2) is 14.4 Å². The number of carbonyl (C=O) groups is 3. The fourth-order valence-corrected chi connectivity index (χ4v) is 3.79. The van der Waals surface area contributed by atoms with Crippen LogP contribution in [0.2, 0.25) is 0 Å². The number of carboxylic acid groups (broad SMARTS) is 3. The molecule has 198 valence electrons. The fraction of sp³-hybridized carbons (Fsp3) is 0.100. The van der Waals surface area contributed by atoms with Crippen molar-refractivity contribution in [2.24, 2.45) is 0 Å². The number of aliphatic carboxylic acids is 3. The summed E-state index contributed by atoms with van der Waals surface area (Å²) < 4.78 is 15.7. The van der Waals surface area contributed by atoms with Crippen molar-refractivity contribution in [2.45, 2.75) is 0 Å². The lowest BCUT2D eigenvalue weighted by atomic mass is 9.93. The molecular weight excluding hydrogens is 504 g/mol. The first-order valence-corrected chi connectivity index (χ1v) is 11.8. The molecule has 0 fully saturated rings. The summed E-state index contributed by atoms with van der Waals surface area (Å²) in [6.07, 6.45) is 0. The molecule has 4 aromatic rings. The van der Waals surface area contributed by atoms with Gasteiger partial charge in [-0.15, -0.1) is 0 Å².